The van der Waals surface area contributed by atoms with Gasteiger partial charge in [-0.05, 0) is 18.1 Å². The molecule has 0 spiro atoms. The first-order valence-electron chi connectivity index (χ1n) is 4.53. The summed E-state index contributed by atoms with van der Waals surface area (Å²) in [6.45, 7) is 7.04. The van der Waals surface area contributed by atoms with Gasteiger partial charge >= 0.3 is 5.97 Å². The highest BCUT2D eigenvalue weighted by atomic mass is 16.4. The summed E-state index contributed by atoms with van der Waals surface area (Å²) in [5, 5.41) is 8.64. The lowest BCUT2D eigenvalue weighted by Gasteiger charge is -2.06. The molecule has 1 aromatic carbocycles. The van der Waals surface area contributed by atoms with Crippen molar-refractivity contribution >= 4 is 5.97 Å². The molecule has 0 aromatic heterocycles. The van der Waals surface area contributed by atoms with Gasteiger partial charge in [-0.25, -0.2) is 6.57 Å². The van der Waals surface area contributed by atoms with Crippen LogP contribution in [0.4, 0.5) is 0 Å². The van der Waals surface area contributed by atoms with Crippen LogP contribution < -0.4 is 5.73 Å². The zero-order valence-corrected chi connectivity index (χ0v) is 8.18. The second-order valence-electron chi connectivity index (χ2n) is 3.29. The van der Waals surface area contributed by atoms with E-state index in [1.807, 2.05) is 24.3 Å². The van der Waals surface area contributed by atoms with Crippen LogP contribution in [0.15, 0.2) is 24.3 Å². The Balaban J connectivity index is 2.74. The van der Waals surface area contributed by atoms with Crippen LogP contribution in [0.2, 0.25) is 0 Å². The van der Waals surface area contributed by atoms with Crippen LogP contribution in [0.25, 0.3) is 4.85 Å². The maximum atomic E-state index is 10.5. The molecule has 3 N–H and O–H groups in total. The number of nitrogens with zero attached hydrogens (tertiary/aromatic N) is 1. The van der Waals surface area contributed by atoms with Crippen LogP contribution >= 0.6 is 0 Å². The smallest absolute Gasteiger partial charge is 0.320 e. The van der Waals surface area contributed by atoms with E-state index in [-0.39, 0.29) is 0 Å². The molecule has 0 heterocycles. The van der Waals surface area contributed by atoms with E-state index >= 15 is 0 Å². The van der Waals surface area contributed by atoms with Gasteiger partial charge in [-0.15, -0.1) is 0 Å². The average molecular weight is 204 g/mol. The van der Waals surface area contributed by atoms with E-state index < -0.39 is 12.0 Å². The average Bonchev–Trinajstić information content (AvgIpc) is 2.18. The number of aliphatic carboxylic acids is 1. The summed E-state index contributed by atoms with van der Waals surface area (Å²) < 4.78 is 0. The Labute approximate surface area is 88.2 Å². The highest BCUT2D eigenvalue weighted by Gasteiger charge is 2.12. The third-order valence-corrected chi connectivity index (χ3v) is 2.03. The van der Waals surface area contributed by atoms with Crippen molar-refractivity contribution in [3.63, 3.8) is 0 Å². The predicted octanol–water partition coefficient (Wildman–Crippen LogP) is 1.06. The zero-order valence-electron chi connectivity index (χ0n) is 8.18. The fourth-order valence-electron chi connectivity index (χ4n) is 1.29. The fraction of sp³-hybridized carbons (Fsp3) is 0.273. The molecule has 0 aliphatic heterocycles. The molecule has 0 aliphatic carbocycles. The standard InChI is InChI=1S/C11H12N2O2/c1-13-7-9-4-2-3-8(5-9)6-10(12)11(14)15/h2-5,10H,6-7,12H2,(H,14,15)/t10-/m0/s1. The lowest BCUT2D eigenvalue weighted by molar-refractivity contribution is -0.138. The van der Waals surface area contributed by atoms with E-state index in [0.29, 0.717) is 13.0 Å². The SMILES string of the molecule is [C-]#[N+]Cc1cccc(C[C@H](N)C(=O)O)c1. The van der Waals surface area contributed by atoms with Crippen molar-refractivity contribution in [2.45, 2.75) is 19.0 Å². The van der Waals surface area contributed by atoms with Crippen molar-refractivity contribution in [2.75, 3.05) is 0 Å². The number of hydrogen-bond acceptors (Lipinski definition) is 2. The molecule has 0 fully saturated rings. The van der Waals surface area contributed by atoms with Crippen molar-refractivity contribution in [3.8, 4) is 0 Å². The number of rotatable bonds is 4. The van der Waals surface area contributed by atoms with E-state index in [1.54, 1.807) is 0 Å². The molecule has 4 nitrogen and oxygen atoms in total. The molecule has 0 amide bonds. The number of benzene rings is 1. The van der Waals surface area contributed by atoms with Crippen LogP contribution in [0.1, 0.15) is 11.1 Å². The molecule has 0 bridgehead atoms. The van der Waals surface area contributed by atoms with Gasteiger partial charge in [-0.3, -0.25) is 4.79 Å². The molecule has 0 saturated carbocycles. The molecule has 1 aromatic rings. The minimum Gasteiger partial charge on any atom is -0.480 e. The molecule has 4 heteroatoms. The third-order valence-electron chi connectivity index (χ3n) is 2.03. The van der Waals surface area contributed by atoms with Crippen LogP contribution in [0.5, 0.6) is 0 Å². The minimum absolute atomic E-state index is 0.293. The van der Waals surface area contributed by atoms with Crippen molar-refractivity contribution in [3.05, 3.63) is 46.8 Å². The zero-order chi connectivity index (χ0) is 11.3. The number of carboxylic acids is 1. The number of carbonyl (C=O) groups is 1. The van der Waals surface area contributed by atoms with Gasteiger partial charge in [0.1, 0.15) is 6.04 Å². The Morgan fingerprint density at radius 2 is 2.20 bits per heavy atom. The second kappa shape index (κ2) is 5.13. The van der Waals surface area contributed by atoms with E-state index in [0.717, 1.165) is 11.1 Å². The fourth-order valence-corrected chi connectivity index (χ4v) is 1.29. The quantitative estimate of drug-likeness (QED) is 0.720. The van der Waals surface area contributed by atoms with Gasteiger partial charge in [0.2, 0.25) is 6.54 Å². The molecular weight excluding hydrogens is 192 g/mol. The molecular formula is C11H12N2O2. The van der Waals surface area contributed by atoms with Gasteiger partial charge in [0.15, 0.2) is 0 Å². The van der Waals surface area contributed by atoms with Crippen molar-refractivity contribution < 1.29 is 9.90 Å². The Morgan fingerprint density at radius 3 is 2.80 bits per heavy atom. The summed E-state index contributed by atoms with van der Waals surface area (Å²) >= 11 is 0. The van der Waals surface area contributed by atoms with Gasteiger partial charge in [-0.1, -0.05) is 18.2 Å². The first-order valence-corrected chi connectivity index (χ1v) is 4.53. The van der Waals surface area contributed by atoms with Gasteiger partial charge in [-0.2, -0.15) is 0 Å². The minimum atomic E-state index is -1.01. The van der Waals surface area contributed by atoms with E-state index in [9.17, 15) is 4.79 Å². The van der Waals surface area contributed by atoms with Crippen molar-refractivity contribution in [1.29, 1.82) is 0 Å². The van der Waals surface area contributed by atoms with Gasteiger partial charge in [0.05, 0.1) is 0 Å². The van der Waals surface area contributed by atoms with Crippen molar-refractivity contribution in [1.82, 2.24) is 0 Å². The number of nitrogens with two attached hydrogens (primary N) is 1. The van der Waals surface area contributed by atoms with E-state index in [1.165, 1.54) is 0 Å². The van der Waals surface area contributed by atoms with Crippen LogP contribution in [0, 0.1) is 6.57 Å². The Hall–Kier alpha value is -1.86. The van der Waals surface area contributed by atoms with Crippen LogP contribution in [-0.4, -0.2) is 17.1 Å². The van der Waals surface area contributed by atoms with Gasteiger partial charge in [0.25, 0.3) is 0 Å². The first kappa shape index (κ1) is 11.2. The summed E-state index contributed by atoms with van der Waals surface area (Å²) in [4.78, 5) is 13.8. The number of hydrogen-bond donors (Lipinski definition) is 2. The monoisotopic (exact) mass is 204 g/mol. The molecule has 1 rings (SSSR count). The molecule has 1 atom stereocenters. The Kier molecular flexibility index (Phi) is 3.83. The van der Waals surface area contributed by atoms with Gasteiger partial charge in [0, 0.05) is 5.56 Å². The predicted molar refractivity (Wildman–Crippen MR) is 56.1 cm³/mol. The molecule has 0 radical (unpaired) electrons. The lowest BCUT2D eigenvalue weighted by Crippen LogP contribution is -2.32. The highest BCUT2D eigenvalue weighted by Crippen LogP contribution is 2.08. The first-order chi connectivity index (χ1) is 7.13. The number of carboxylic acid groups (broad SMARTS) is 1. The third kappa shape index (κ3) is 3.41. The lowest BCUT2D eigenvalue weighted by atomic mass is 10.0. The van der Waals surface area contributed by atoms with E-state index in [4.69, 9.17) is 17.4 Å². The second-order valence-corrected chi connectivity index (χ2v) is 3.29. The summed E-state index contributed by atoms with van der Waals surface area (Å²) in [6.07, 6.45) is 0.293. The Morgan fingerprint density at radius 1 is 1.53 bits per heavy atom. The normalized spacial score (nSPS) is 11.7. The topological polar surface area (TPSA) is 67.7 Å². The molecule has 78 valence electrons. The molecule has 0 saturated heterocycles. The van der Waals surface area contributed by atoms with Gasteiger partial charge < -0.3 is 15.7 Å². The maximum absolute atomic E-state index is 10.5. The maximum Gasteiger partial charge on any atom is 0.320 e. The summed E-state index contributed by atoms with van der Waals surface area (Å²) in [7, 11) is 0. The molecule has 0 aliphatic rings. The largest absolute Gasteiger partial charge is 0.480 e. The van der Waals surface area contributed by atoms with Crippen LogP contribution in [-0.2, 0) is 17.8 Å². The van der Waals surface area contributed by atoms with Crippen molar-refractivity contribution in [2.24, 2.45) is 5.73 Å². The van der Waals surface area contributed by atoms with Crippen LogP contribution in [0.3, 0.4) is 0 Å². The molecule has 0 unspecified atom stereocenters. The summed E-state index contributed by atoms with van der Waals surface area (Å²) in [6, 6.07) is 6.41. The van der Waals surface area contributed by atoms with E-state index in [2.05, 4.69) is 4.85 Å². The Bertz CT molecular complexity index is 396. The summed E-state index contributed by atoms with van der Waals surface area (Å²) in [5.41, 5.74) is 7.15. The summed E-state index contributed by atoms with van der Waals surface area (Å²) in [5.74, 6) is -1.01. The molecule has 15 heavy (non-hydrogen) atoms. The highest BCUT2D eigenvalue weighted by molar-refractivity contribution is 5.73.